The smallest absolute Gasteiger partial charge is 0.306 e. The van der Waals surface area contributed by atoms with E-state index < -0.39 is 11.9 Å². The minimum Gasteiger partial charge on any atom is -0.507 e. The van der Waals surface area contributed by atoms with E-state index >= 15 is 0 Å². The first-order chi connectivity index (χ1) is 11.9. The summed E-state index contributed by atoms with van der Waals surface area (Å²) < 4.78 is 0. The van der Waals surface area contributed by atoms with Crippen molar-refractivity contribution in [3.63, 3.8) is 0 Å². The normalized spacial score (nSPS) is 19.9. The van der Waals surface area contributed by atoms with Gasteiger partial charge in [-0.05, 0) is 50.3 Å². The number of amides is 2. The Bertz CT molecular complexity index is 651. The maximum Gasteiger partial charge on any atom is 0.306 e. The number of aromatic hydroxyl groups is 1. The summed E-state index contributed by atoms with van der Waals surface area (Å²) in [6.45, 7) is 1.98. The number of aliphatic carboxylic acids is 1. The number of carbonyl (C=O) groups excluding carboxylic acids is 2. The number of benzene rings is 1. The molecule has 25 heavy (non-hydrogen) atoms. The highest BCUT2D eigenvalue weighted by atomic mass is 16.4. The lowest BCUT2D eigenvalue weighted by atomic mass is 9.86. The van der Waals surface area contributed by atoms with E-state index in [0.717, 1.165) is 5.56 Å². The van der Waals surface area contributed by atoms with Crippen LogP contribution in [0.1, 0.15) is 48.0 Å². The molecule has 0 unspecified atom stereocenters. The lowest BCUT2D eigenvalue weighted by Gasteiger charge is -2.26. The van der Waals surface area contributed by atoms with Crippen LogP contribution < -0.4 is 10.6 Å². The van der Waals surface area contributed by atoms with Crippen LogP contribution in [0.4, 0.5) is 0 Å². The van der Waals surface area contributed by atoms with Gasteiger partial charge in [-0.25, -0.2) is 0 Å². The van der Waals surface area contributed by atoms with Crippen molar-refractivity contribution in [3.05, 3.63) is 29.3 Å². The summed E-state index contributed by atoms with van der Waals surface area (Å²) in [5, 5.41) is 24.2. The maximum absolute atomic E-state index is 12.0. The molecule has 1 aliphatic carbocycles. The zero-order chi connectivity index (χ0) is 18.4. The summed E-state index contributed by atoms with van der Waals surface area (Å²) in [4.78, 5) is 34.8. The van der Waals surface area contributed by atoms with Gasteiger partial charge in [0.1, 0.15) is 5.75 Å². The van der Waals surface area contributed by atoms with E-state index in [1.807, 2.05) is 6.92 Å². The molecule has 0 spiro atoms. The molecule has 7 heteroatoms. The molecule has 1 saturated carbocycles. The van der Waals surface area contributed by atoms with Crippen molar-refractivity contribution in [2.45, 2.75) is 45.1 Å². The van der Waals surface area contributed by atoms with Gasteiger partial charge in [-0.15, -0.1) is 0 Å². The van der Waals surface area contributed by atoms with Crippen molar-refractivity contribution in [3.8, 4) is 5.75 Å². The lowest BCUT2D eigenvalue weighted by molar-refractivity contribution is -0.142. The van der Waals surface area contributed by atoms with Gasteiger partial charge in [0.15, 0.2) is 0 Å². The first-order valence-electron chi connectivity index (χ1n) is 8.47. The lowest BCUT2D eigenvalue weighted by Crippen LogP contribution is -2.40. The SMILES string of the molecule is Cc1ccc(C(=O)NCCC(=O)NC2CCC(C(=O)O)CC2)c(O)c1. The first kappa shape index (κ1) is 18.8. The average molecular weight is 348 g/mol. The van der Waals surface area contributed by atoms with E-state index in [2.05, 4.69) is 10.6 Å². The fraction of sp³-hybridized carbons (Fsp3) is 0.500. The summed E-state index contributed by atoms with van der Waals surface area (Å²) in [6.07, 6.45) is 2.60. The Morgan fingerprint density at radius 1 is 1.16 bits per heavy atom. The number of hydrogen-bond donors (Lipinski definition) is 4. The van der Waals surface area contributed by atoms with Gasteiger partial charge in [-0.1, -0.05) is 6.07 Å². The predicted molar refractivity (Wildman–Crippen MR) is 91.3 cm³/mol. The second-order valence-corrected chi connectivity index (χ2v) is 6.48. The first-order valence-corrected chi connectivity index (χ1v) is 8.47. The highest BCUT2D eigenvalue weighted by Crippen LogP contribution is 2.24. The molecule has 2 rings (SSSR count). The Balaban J connectivity index is 1.70. The molecule has 0 aliphatic heterocycles. The van der Waals surface area contributed by atoms with Gasteiger partial charge in [0.05, 0.1) is 11.5 Å². The minimum atomic E-state index is -0.771. The standard InChI is InChI=1S/C18H24N2O5/c1-11-2-7-14(15(21)10-11)17(23)19-9-8-16(22)20-13-5-3-12(4-6-13)18(24)25/h2,7,10,12-13,21H,3-6,8-9H2,1H3,(H,19,23)(H,20,22)(H,24,25). The second kappa shape index (κ2) is 8.50. The number of carbonyl (C=O) groups is 3. The van der Waals surface area contributed by atoms with Crippen LogP contribution in [0.5, 0.6) is 5.75 Å². The summed E-state index contributed by atoms with van der Waals surface area (Å²) >= 11 is 0. The molecule has 1 fully saturated rings. The third-order valence-corrected chi connectivity index (χ3v) is 4.48. The predicted octanol–water partition coefficient (Wildman–Crippen LogP) is 1.58. The van der Waals surface area contributed by atoms with Gasteiger partial charge in [0, 0.05) is 19.0 Å². The maximum atomic E-state index is 12.0. The van der Waals surface area contributed by atoms with Crippen molar-refractivity contribution < 1.29 is 24.6 Å². The van der Waals surface area contributed by atoms with E-state index in [-0.39, 0.29) is 42.1 Å². The molecule has 0 atom stereocenters. The summed E-state index contributed by atoms with van der Waals surface area (Å²) in [7, 11) is 0. The van der Waals surface area contributed by atoms with E-state index in [1.54, 1.807) is 12.1 Å². The number of carboxylic acid groups (broad SMARTS) is 1. The monoisotopic (exact) mass is 348 g/mol. The van der Waals surface area contributed by atoms with Gasteiger partial charge < -0.3 is 20.8 Å². The third kappa shape index (κ3) is 5.48. The zero-order valence-corrected chi connectivity index (χ0v) is 14.2. The van der Waals surface area contributed by atoms with Crippen LogP contribution in [0.2, 0.25) is 0 Å². The number of nitrogens with one attached hydrogen (secondary N) is 2. The second-order valence-electron chi connectivity index (χ2n) is 6.48. The Labute approximate surface area is 146 Å². The highest BCUT2D eigenvalue weighted by molar-refractivity contribution is 5.97. The molecule has 2 amide bonds. The molecule has 7 nitrogen and oxygen atoms in total. The number of carboxylic acids is 1. The molecule has 0 radical (unpaired) electrons. The molecular formula is C18H24N2O5. The molecule has 136 valence electrons. The molecule has 1 aromatic rings. The van der Waals surface area contributed by atoms with Gasteiger partial charge in [-0.2, -0.15) is 0 Å². The fourth-order valence-corrected chi connectivity index (χ4v) is 3.00. The molecule has 1 aliphatic rings. The van der Waals surface area contributed by atoms with Gasteiger partial charge in [0.25, 0.3) is 5.91 Å². The van der Waals surface area contributed by atoms with E-state index in [0.29, 0.717) is 25.7 Å². The van der Waals surface area contributed by atoms with Gasteiger partial charge in [0.2, 0.25) is 5.91 Å². The Hall–Kier alpha value is -2.57. The van der Waals surface area contributed by atoms with Crippen LogP contribution >= 0.6 is 0 Å². The van der Waals surface area contributed by atoms with Crippen molar-refractivity contribution in [1.29, 1.82) is 0 Å². The molecule has 4 N–H and O–H groups in total. The minimum absolute atomic E-state index is 0.0000514. The van der Waals surface area contributed by atoms with Crippen molar-refractivity contribution in [2.75, 3.05) is 6.54 Å². The number of rotatable bonds is 6. The molecule has 0 aromatic heterocycles. The Morgan fingerprint density at radius 3 is 2.44 bits per heavy atom. The third-order valence-electron chi connectivity index (χ3n) is 4.48. The van der Waals surface area contributed by atoms with Crippen molar-refractivity contribution in [1.82, 2.24) is 10.6 Å². The number of phenolic OH excluding ortho intramolecular Hbond substituents is 1. The Kier molecular flexibility index (Phi) is 6.38. The molecule has 0 heterocycles. The van der Waals surface area contributed by atoms with E-state index in [9.17, 15) is 19.5 Å². The highest BCUT2D eigenvalue weighted by Gasteiger charge is 2.26. The molecule has 0 saturated heterocycles. The van der Waals surface area contributed by atoms with Gasteiger partial charge in [-0.3, -0.25) is 14.4 Å². The average Bonchev–Trinajstić information content (AvgIpc) is 2.55. The van der Waals surface area contributed by atoms with Crippen molar-refractivity contribution >= 4 is 17.8 Å². The fourth-order valence-electron chi connectivity index (χ4n) is 3.00. The largest absolute Gasteiger partial charge is 0.507 e. The number of aryl methyl sites for hydroxylation is 1. The van der Waals surface area contributed by atoms with E-state index in [1.165, 1.54) is 6.07 Å². The van der Waals surface area contributed by atoms with Crippen LogP contribution in [0.15, 0.2) is 18.2 Å². The molecule has 0 bridgehead atoms. The van der Waals surface area contributed by atoms with Crippen LogP contribution in [-0.2, 0) is 9.59 Å². The molecular weight excluding hydrogens is 324 g/mol. The Morgan fingerprint density at radius 2 is 1.84 bits per heavy atom. The summed E-state index contributed by atoms with van der Waals surface area (Å²) in [5.41, 5.74) is 1.03. The van der Waals surface area contributed by atoms with Crippen LogP contribution in [-0.4, -0.2) is 40.6 Å². The van der Waals surface area contributed by atoms with Crippen molar-refractivity contribution in [2.24, 2.45) is 5.92 Å². The zero-order valence-electron chi connectivity index (χ0n) is 14.2. The van der Waals surface area contributed by atoms with Gasteiger partial charge >= 0.3 is 5.97 Å². The summed E-state index contributed by atoms with van der Waals surface area (Å²) in [6, 6.07) is 4.78. The van der Waals surface area contributed by atoms with E-state index in [4.69, 9.17) is 5.11 Å². The van der Waals surface area contributed by atoms with Crippen LogP contribution in [0.3, 0.4) is 0 Å². The topological polar surface area (TPSA) is 116 Å². The quantitative estimate of drug-likeness (QED) is 0.623. The number of hydrogen-bond acceptors (Lipinski definition) is 4. The van der Waals surface area contributed by atoms with Crippen LogP contribution in [0, 0.1) is 12.8 Å². The number of phenols is 1. The van der Waals surface area contributed by atoms with Crippen LogP contribution in [0.25, 0.3) is 0 Å². The molecule has 1 aromatic carbocycles. The summed E-state index contributed by atoms with van der Waals surface area (Å²) in [5.74, 6) is -1.77.